The Balaban J connectivity index is 2.14. The van der Waals surface area contributed by atoms with Gasteiger partial charge in [0.15, 0.2) is 0 Å². The minimum Gasteiger partial charge on any atom is -0.479 e. The van der Waals surface area contributed by atoms with Gasteiger partial charge in [-0.1, -0.05) is 0 Å². The zero-order valence-electron chi connectivity index (χ0n) is 9.25. The van der Waals surface area contributed by atoms with E-state index in [1.54, 1.807) is 10.7 Å². The Morgan fingerprint density at radius 3 is 2.94 bits per heavy atom. The summed E-state index contributed by atoms with van der Waals surface area (Å²) in [6.07, 6.45) is 2.67. The van der Waals surface area contributed by atoms with Gasteiger partial charge < -0.3 is 10.5 Å². The fourth-order valence-electron chi connectivity index (χ4n) is 2.00. The molecule has 2 heterocycles. The van der Waals surface area contributed by atoms with Gasteiger partial charge in [-0.15, -0.1) is 5.10 Å². The third-order valence-corrected chi connectivity index (χ3v) is 2.91. The molecule has 0 amide bonds. The van der Waals surface area contributed by atoms with Gasteiger partial charge in [0.1, 0.15) is 17.1 Å². The van der Waals surface area contributed by atoms with E-state index in [-0.39, 0.29) is 17.6 Å². The van der Waals surface area contributed by atoms with Crippen molar-refractivity contribution in [2.75, 3.05) is 12.8 Å². The number of ether oxygens (including phenoxy) is 1. The molecule has 0 unspecified atom stereocenters. The van der Waals surface area contributed by atoms with Crippen molar-refractivity contribution in [1.82, 2.24) is 19.6 Å². The minimum absolute atomic E-state index is 0.124. The maximum absolute atomic E-state index is 11.0. The van der Waals surface area contributed by atoms with Gasteiger partial charge in [0.2, 0.25) is 11.8 Å². The van der Waals surface area contributed by atoms with Crippen molar-refractivity contribution < 1.29 is 9.53 Å². The molecule has 0 aliphatic heterocycles. The first-order valence-electron chi connectivity index (χ1n) is 5.26. The third kappa shape index (κ3) is 1.42. The van der Waals surface area contributed by atoms with Crippen LogP contribution < -0.4 is 10.5 Å². The van der Waals surface area contributed by atoms with Crippen LogP contribution in [0.1, 0.15) is 24.6 Å². The summed E-state index contributed by atoms with van der Waals surface area (Å²) in [5.74, 6) is 1.64. The van der Waals surface area contributed by atoms with Crippen LogP contribution in [0.3, 0.4) is 0 Å². The summed E-state index contributed by atoms with van der Waals surface area (Å²) in [6.45, 7) is 0. The van der Waals surface area contributed by atoms with Crippen molar-refractivity contribution in [3.63, 3.8) is 0 Å². The van der Waals surface area contributed by atoms with Gasteiger partial charge in [0, 0.05) is 18.8 Å². The summed E-state index contributed by atoms with van der Waals surface area (Å²) in [6, 6.07) is 0. The largest absolute Gasteiger partial charge is 0.479 e. The highest BCUT2D eigenvalue weighted by Gasteiger charge is 2.32. The second-order valence-corrected chi connectivity index (χ2v) is 4.04. The Bertz CT molecular complexity index is 598. The number of Topliss-reactive ketones (excluding diaryl/α,β-unsaturated/α-hetero) is 1. The molecule has 0 saturated heterocycles. The van der Waals surface area contributed by atoms with Gasteiger partial charge in [-0.3, -0.25) is 4.79 Å². The average molecular weight is 233 g/mol. The number of ketones is 1. The normalized spacial score (nSPS) is 16.2. The van der Waals surface area contributed by atoms with Crippen LogP contribution in [-0.4, -0.2) is 32.5 Å². The molecule has 1 aliphatic rings. The van der Waals surface area contributed by atoms with E-state index in [1.807, 2.05) is 0 Å². The van der Waals surface area contributed by atoms with Crippen molar-refractivity contribution >= 4 is 17.2 Å². The lowest BCUT2D eigenvalue weighted by atomic mass is 9.83. The lowest BCUT2D eigenvalue weighted by Gasteiger charge is -2.22. The number of methoxy groups -OCH3 is 1. The minimum atomic E-state index is 0.124. The van der Waals surface area contributed by atoms with Crippen LogP contribution in [0.5, 0.6) is 5.88 Å². The highest BCUT2D eigenvalue weighted by molar-refractivity contribution is 5.86. The van der Waals surface area contributed by atoms with Crippen LogP contribution in [0.2, 0.25) is 0 Å². The molecular weight excluding hydrogens is 222 g/mol. The fourth-order valence-corrected chi connectivity index (χ4v) is 2.00. The standard InChI is InChI=1S/C10H11N5O2/c1-17-9-7-4-12-8(5-2-6(16)3-5)15(7)14-10(11)13-9/h4-5H,2-3H2,1H3,(H2,11,14). The molecule has 2 aromatic heterocycles. The summed E-state index contributed by atoms with van der Waals surface area (Å²) in [7, 11) is 1.52. The number of hydrogen-bond donors (Lipinski definition) is 1. The van der Waals surface area contributed by atoms with Gasteiger partial charge in [0.25, 0.3) is 0 Å². The lowest BCUT2D eigenvalue weighted by molar-refractivity contribution is -0.124. The van der Waals surface area contributed by atoms with Crippen LogP contribution in [0.25, 0.3) is 5.52 Å². The molecule has 7 nitrogen and oxygen atoms in total. The molecule has 3 rings (SSSR count). The second kappa shape index (κ2) is 3.41. The van der Waals surface area contributed by atoms with E-state index in [0.29, 0.717) is 24.2 Å². The van der Waals surface area contributed by atoms with Crippen LogP contribution in [0, 0.1) is 0 Å². The summed E-state index contributed by atoms with van der Waals surface area (Å²) < 4.78 is 6.72. The van der Waals surface area contributed by atoms with Crippen LogP contribution in [-0.2, 0) is 4.79 Å². The van der Waals surface area contributed by atoms with Crippen molar-refractivity contribution in [3.05, 3.63) is 12.0 Å². The van der Waals surface area contributed by atoms with E-state index in [9.17, 15) is 4.79 Å². The molecule has 0 spiro atoms. The number of aromatic nitrogens is 4. The molecule has 88 valence electrons. The lowest BCUT2D eigenvalue weighted by Crippen LogP contribution is -2.23. The van der Waals surface area contributed by atoms with Crippen molar-refractivity contribution in [2.45, 2.75) is 18.8 Å². The second-order valence-electron chi connectivity index (χ2n) is 4.04. The van der Waals surface area contributed by atoms with E-state index >= 15 is 0 Å². The summed E-state index contributed by atoms with van der Waals surface area (Å²) in [5, 5.41) is 4.10. The maximum Gasteiger partial charge on any atom is 0.244 e. The molecule has 7 heteroatoms. The smallest absolute Gasteiger partial charge is 0.244 e. The first-order chi connectivity index (χ1) is 8.19. The van der Waals surface area contributed by atoms with Gasteiger partial charge >= 0.3 is 0 Å². The summed E-state index contributed by atoms with van der Waals surface area (Å²) in [4.78, 5) is 19.3. The van der Waals surface area contributed by atoms with E-state index in [4.69, 9.17) is 10.5 Å². The molecule has 0 radical (unpaired) electrons. The third-order valence-electron chi connectivity index (χ3n) is 2.91. The Labute approximate surface area is 96.6 Å². The Morgan fingerprint density at radius 1 is 1.53 bits per heavy atom. The summed E-state index contributed by atoms with van der Waals surface area (Å²) >= 11 is 0. The topological polar surface area (TPSA) is 95.4 Å². The number of anilines is 1. The van der Waals surface area contributed by atoms with Crippen molar-refractivity contribution in [2.24, 2.45) is 0 Å². The predicted molar refractivity (Wildman–Crippen MR) is 58.7 cm³/mol. The number of nitrogen functional groups attached to an aromatic ring is 1. The molecule has 0 bridgehead atoms. The monoisotopic (exact) mass is 233 g/mol. The fraction of sp³-hybridized carbons (Fsp3) is 0.400. The first kappa shape index (κ1) is 10.0. The Kier molecular flexibility index (Phi) is 2.01. The number of carbonyl (C=O) groups excluding carboxylic acids is 1. The molecule has 0 aromatic carbocycles. The van der Waals surface area contributed by atoms with Crippen LogP contribution in [0.15, 0.2) is 6.20 Å². The number of imidazole rings is 1. The first-order valence-corrected chi connectivity index (χ1v) is 5.26. The quantitative estimate of drug-likeness (QED) is 0.793. The molecule has 1 aliphatic carbocycles. The van der Waals surface area contributed by atoms with Crippen molar-refractivity contribution in [3.8, 4) is 5.88 Å². The molecule has 2 aromatic rings. The van der Waals surface area contributed by atoms with Gasteiger partial charge in [-0.05, 0) is 0 Å². The average Bonchev–Trinajstić information content (AvgIpc) is 2.67. The highest BCUT2D eigenvalue weighted by Crippen LogP contribution is 2.33. The number of carbonyl (C=O) groups is 1. The number of hydrogen-bond acceptors (Lipinski definition) is 6. The van der Waals surface area contributed by atoms with Crippen LogP contribution >= 0.6 is 0 Å². The maximum atomic E-state index is 11.0. The number of nitrogens with two attached hydrogens (primary N) is 1. The van der Waals surface area contributed by atoms with Crippen LogP contribution in [0.4, 0.5) is 5.95 Å². The zero-order chi connectivity index (χ0) is 12.0. The highest BCUT2D eigenvalue weighted by atomic mass is 16.5. The Morgan fingerprint density at radius 2 is 2.29 bits per heavy atom. The molecular formula is C10H11N5O2. The number of rotatable bonds is 2. The molecule has 1 fully saturated rings. The van der Waals surface area contributed by atoms with Gasteiger partial charge in [-0.2, -0.15) is 4.98 Å². The van der Waals surface area contributed by atoms with E-state index in [0.717, 1.165) is 5.82 Å². The number of nitrogens with zero attached hydrogens (tertiary/aromatic N) is 4. The molecule has 0 atom stereocenters. The molecule has 17 heavy (non-hydrogen) atoms. The molecule has 2 N–H and O–H groups in total. The zero-order valence-corrected chi connectivity index (χ0v) is 9.25. The molecule has 1 saturated carbocycles. The van der Waals surface area contributed by atoms with Crippen molar-refractivity contribution in [1.29, 1.82) is 0 Å². The predicted octanol–water partition coefficient (Wildman–Crippen LogP) is 0.162. The Hall–Kier alpha value is -2.18. The SMILES string of the molecule is COc1nc(N)nn2c(C3CC(=O)C3)ncc12. The van der Waals surface area contributed by atoms with Gasteiger partial charge in [-0.25, -0.2) is 9.50 Å². The number of fused-ring (bicyclic) bond motifs is 1. The van der Waals surface area contributed by atoms with E-state index in [1.165, 1.54) is 7.11 Å². The van der Waals surface area contributed by atoms with E-state index in [2.05, 4.69) is 15.1 Å². The van der Waals surface area contributed by atoms with E-state index < -0.39 is 0 Å². The van der Waals surface area contributed by atoms with Gasteiger partial charge in [0.05, 0.1) is 13.3 Å². The summed E-state index contributed by atoms with van der Waals surface area (Å²) in [5.41, 5.74) is 6.26.